The van der Waals surface area contributed by atoms with Gasteiger partial charge < -0.3 is 39.2 Å². The Labute approximate surface area is 343 Å². The molecule has 0 amide bonds. The number of anilines is 1. The van der Waals surface area contributed by atoms with Gasteiger partial charge in [0.2, 0.25) is 11.5 Å². The van der Waals surface area contributed by atoms with Crippen molar-refractivity contribution in [1.82, 2.24) is 14.8 Å². The molecule has 14 heteroatoms. The number of nitrogens with zero attached hydrogens (tertiary/aromatic N) is 3. The third kappa shape index (κ3) is 5.04. The summed E-state index contributed by atoms with van der Waals surface area (Å²) >= 11 is 4.69. The molecule has 312 valence electrons. The number of thiol groups is 1. The highest BCUT2D eigenvalue weighted by Gasteiger charge is 2.79. The summed E-state index contributed by atoms with van der Waals surface area (Å²) in [5, 5.41) is 26.2. The van der Waals surface area contributed by atoms with Crippen molar-refractivity contribution in [2.45, 2.75) is 91.4 Å². The molecule has 1 aromatic heterocycles. The molecule has 11 nitrogen and oxygen atoms in total. The lowest BCUT2D eigenvalue weighted by Gasteiger charge is -2.63. The second-order valence-electron chi connectivity index (χ2n) is 17.9. The number of aromatic nitrogens is 1. The van der Waals surface area contributed by atoms with Gasteiger partial charge in [-0.15, -0.1) is 12.6 Å². The van der Waals surface area contributed by atoms with Gasteiger partial charge in [-0.25, -0.2) is 13.6 Å². The van der Waals surface area contributed by atoms with Crippen molar-refractivity contribution >= 4 is 41.2 Å². The molecule has 6 aliphatic rings. The van der Waals surface area contributed by atoms with E-state index in [0.717, 1.165) is 33.8 Å². The summed E-state index contributed by atoms with van der Waals surface area (Å²) in [6.45, 7) is 5.52. The second kappa shape index (κ2) is 13.4. The van der Waals surface area contributed by atoms with Gasteiger partial charge >= 0.3 is 11.9 Å². The Balaban J connectivity index is 1.36. The summed E-state index contributed by atoms with van der Waals surface area (Å²) in [6.07, 6.45) is 4.30. The number of H-pyrrole nitrogens is 1. The number of methoxy groups -OCH3 is 3. The van der Waals surface area contributed by atoms with Crippen molar-refractivity contribution in [2.24, 2.45) is 17.3 Å². The molecular formula is C44H54F2N4O7S. The van der Waals surface area contributed by atoms with Crippen molar-refractivity contribution < 1.29 is 42.8 Å². The number of esters is 2. The maximum Gasteiger partial charge on any atom is 0.342 e. The number of benzene rings is 2. The normalized spacial score (nSPS) is 36.6. The van der Waals surface area contributed by atoms with Gasteiger partial charge in [0.25, 0.3) is 0 Å². The minimum Gasteiger partial charge on any atom is -0.496 e. The summed E-state index contributed by atoms with van der Waals surface area (Å²) in [5.74, 6) is -5.27. The van der Waals surface area contributed by atoms with Crippen LogP contribution in [0.25, 0.3) is 10.9 Å². The van der Waals surface area contributed by atoms with Gasteiger partial charge in [-0.2, -0.15) is 0 Å². The Morgan fingerprint density at radius 1 is 1.05 bits per heavy atom. The smallest absolute Gasteiger partial charge is 0.342 e. The third-order valence-electron chi connectivity index (χ3n) is 15.4. The summed E-state index contributed by atoms with van der Waals surface area (Å²) in [5.41, 5.74) is -1.55. The van der Waals surface area contributed by atoms with E-state index < -0.39 is 57.8 Å². The number of carbonyl (C=O) groups is 2. The molecule has 2 saturated heterocycles. The average Bonchev–Trinajstić information content (AvgIpc) is 3.86. The molecule has 9 rings (SSSR count). The second-order valence-corrected chi connectivity index (χ2v) is 18.4. The van der Waals surface area contributed by atoms with Crippen molar-refractivity contribution in [3.63, 3.8) is 0 Å². The van der Waals surface area contributed by atoms with Crippen LogP contribution in [0.3, 0.4) is 0 Å². The molecule has 2 aromatic carbocycles. The van der Waals surface area contributed by atoms with Crippen molar-refractivity contribution in [3.05, 3.63) is 64.9 Å². The van der Waals surface area contributed by atoms with Crippen LogP contribution in [0.15, 0.2) is 47.4 Å². The fourth-order valence-electron chi connectivity index (χ4n) is 13.1. The summed E-state index contributed by atoms with van der Waals surface area (Å²) in [6, 6.07) is 8.41. The largest absolute Gasteiger partial charge is 0.496 e. The number of rotatable bonds is 6. The van der Waals surface area contributed by atoms with Gasteiger partial charge in [-0.05, 0) is 86.9 Å². The molecule has 1 spiro atoms. The average molecular weight is 821 g/mol. The van der Waals surface area contributed by atoms with Crippen LogP contribution < -0.4 is 9.64 Å². The number of piperidine rings is 1. The van der Waals surface area contributed by atoms with Gasteiger partial charge in [0.15, 0.2) is 0 Å². The standard InChI is InChI=1S/C44H54F2N4O7S/c1-7-41-12-8-14-50-16-13-42(35(41)50)29-19-30(33(55-4)20-32(29)48(3)36(42)44(54,37(41)51)39(53)57-6)43(38(52)56-5)21-24-17-25(40(2,45)46)23-49(22-24)15-11-27-28-18-26(58)9-10-31(28)47-34(27)43/h8-10,12,18-20,24-25,35-37,47,51,54,58H,7,11,13-17,21-23H2,1-6H3/t24-,25?,35+,36-,37-,41-,42-,43+,44+/m1/s1. The zero-order chi connectivity index (χ0) is 41.3. The number of fused-ring (bicyclic) bond motifs is 6. The predicted molar refractivity (Wildman–Crippen MR) is 217 cm³/mol. The van der Waals surface area contributed by atoms with Crippen LogP contribution in [0.2, 0.25) is 0 Å². The van der Waals surface area contributed by atoms with Crippen LogP contribution in [0.5, 0.6) is 5.75 Å². The Bertz CT molecular complexity index is 2230. The van der Waals surface area contributed by atoms with Crippen LogP contribution in [-0.4, -0.2) is 128 Å². The predicted octanol–water partition coefficient (Wildman–Crippen LogP) is 4.84. The number of carbonyl (C=O) groups excluding carboxylic acids is 2. The Kier molecular flexibility index (Phi) is 9.19. The number of likely N-dealkylation sites (N-methyl/N-ethyl adjacent to an activating group) is 1. The van der Waals surface area contributed by atoms with Gasteiger partial charge in [0.1, 0.15) is 17.3 Å². The molecule has 1 aliphatic carbocycles. The van der Waals surface area contributed by atoms with Crippen LogP contribution in [0, 0.1) is 17.3 Å². The zero-order valence-electron chi connectivity index (χ0n) is 34.0. The number of nitrogens with one attached hydrogen (secondary N) is 1. The van der Waals surface area contributed by atoms with Crippen molar-refractivity contribution in [1.29, 1.82) is 0 Å². The first-order valence-electron chi connectivity index (χ1n) is 20.5. The molecule has 3 aromatic rings. The first kappa shape index (κ1) is 39.8. The molecule has 5 aliphatic heterocycles. The highest BCUT2D eigenvalue weighted by molar-refractivity contribution is 7.80. The minimum absolute atomic E-state index is 0.153. The van der Waals surface area contributed by atoms with E-state index in [9.17, 15) is 15.0 Å². The van der Waals surface area contributed by atoms with E-state index in [2.05, 4.69) is 14.8 Å². The molecule has 2 bridgehead atoms. The highest BCUT2D eigenvalue weighted by Crippen LogP contribution is 2.67. The number of aliphatic hydroxyl groups is 2. The third-order valence-corrected chi connectivity index (χ3v) is 15.7. The maximum atomic E-state index is 15.3. The molecule has 58 heavy (non-hydrogen) atoms. The highest BCUT2D eigenvalue weighted by atomic mass is 32.1. The molecule has 2 unspecified atom stereocenters. The lowest BCUT2D eigenvalue weighted by Crippen LogP contribution is -2.80. The van der Waals surface area contributed by atoms with Crippen LogP contribution in [-0.2, 0) is 36.3 Å². The maximum absolute atomic E-state index is 15.3. The first-order valence-corrected chi connectivity index (χ1v) is 20.9. The number of halogens is 2. The Morgan fingerprint density at radius 2 is 1.81 bits per heavy atom. The lowest BCUT2D eigenvalue weighted by molar-refractivity contribution is -0.218. The quantitative estimate of drug-likeness (QED) is 0.156. The number of ether oxygens (including phenoxy) is 3. The van der Waals surface area contributed by atoms with E-state index in [1.165, 1.54) is 14.2 Å². The lowest BCUT2D eigenvalue weighted by atomic mass is 9.47. The Hall–Kier alpha value is -3.69. The fraction of sp³-hybridized carbons (Fsp3) is 0.591. The van der Waals surface area contributed by atoms with E-state index >= 15 is 13.6 Å². The first-order chi connectivity index (χ1) is 27.6. The number of hydrogen-bond donors (Lipinski definition) is 4. The van der Waals surface area contributed by atoms with Crippen LogP contribution in [0.1, 0.15) is 61.9 Å². The Morgan fingerprint density at radius 3 is 2.50 bits per heavy atom. The number of alkyl halides is 2. The van der Waals surface area contributed by atoms with Crippen LogP contribution >= 0.6 is 12.6 Å². The van der Waals surface area contributed by atoms with Gasteiger partial charge in [-0.3, -0.25) is 9.69 Å². The van der Waals surface area contributed by atoms with E-state index in [-0.39, 0.29) is 31.3 Å². The summed E-state index contributed by atoms with van der Waals surface area (Å²) in [7, 11) is 5.95. The monoisotopic (exact) mass is 820 g/mol. The van der Waals surface area contributed by atoms with Crippen LogP contribution in [0.4, 0.5) is 14.5 Å². The molecule has 3 N–H and O–H groups in total. The minimum atomic E-state index is -2.93. The number of hydrogen-bond acceptors (Lipinski definition) is 11. The van der Waals surface area contributed by atoms with E-state index in [1.54, 1.807) is 7.11 Å². The molecule has 10 atom stereocenters. The summed E-state index contributed by atoms with van der Waals surface area (Å²) in [4.78, 5) is 40.1. The molecule has 6 heterocycles. The number of aromatic amines is 1. The van der Waals surface area contributed by atoms with Crippen molar-refractivity contribution in [3.8, 4) is 5.75 Å². The van der Waals surface area contributed by atoms with E-state index in [0.29, 0.717) is 68.1 Å². The molecule has 3 fully saturated rings. The molecular weight excluding hydrogens is 767 g/mol. The fourth-order valence-corrected chi connectivity index (χ4v) is 13.3. The molecule has 1 saturated carbocycles. The number of aliphatic hydroxyl groups excluding tert-OH is 1. The zero-order valence-corrected chi connectivity index (χ0v) is 34.9. The van der Waals surface area contributed by atoms with Gasteiger partial charge in [-0.1, -0.05) is 19.1 Å². The van der Waals surface area contributed by atoms with E-state index in [1.807, 2.05) is 61.4 Å². The summed E-state index contributed by atoms with van der Waals surface area (Å²) < 4.78 is 48.1. The topological polar surface area (TPSA) is 128 Å². The van der Waals surface area contributed by atoms with Gasteiger partial charge in [0.05, 0.1) is 27.4 Å². The SMILES string of the molecule is CC[C@]12C=CCN3CC[C@@]4(c5cc([C@@]6(C(=O)OC)C[C@H]7CC(C(C)(F)F)CN(CCc8c6[nH]c6ccc(S)cc86)C7)c(OC)cc5N(C)[C@H]4[C@@](O)(C(=O)OC)[C@@H]1O)[C@@H]32. The van der Waals surface area contributed by atoms with E-state index in [4.69, 9.17) is 26.8 Å². The molecule has 0 radical (unpaired) electrons. The van der Waals surface area contributed by atoms with Gasteiger partial charge in [0, 0.05) is 94.8 Å². The van der Waals surface area contributed by atoms with Crippen molar-refractivity contribution in [2.75, 3.05) is 66.0 Å².